The Kier molecular flexibility index (Phi) is 5.31. The van der Waals surface area contributed by atoms with Gasteiger partial charge in [0.05, 0.1) is 0 Å². The van der Waals surface area contributed by atoms with Crippen molar-refractivity contribution >= 4 is 17.4 Å². The Labute approximate surface area is 149 Å². The summed E-state index contributed by atoms with van der Waals surface area (Å²) in [4.78, 5) is 23.5. The van der Waals surface area contributed by atoms with Crippen LogP contribution in [0, 0.1) is 12.8 Å². The molecule has 1 unspecified atom stereocenters. The zero-order chi connectivity index (χ0) is 17.8. The lowest BCUT2D eigenvalue weighted by atomic mass is 10.00. The minimum absolute atomic E-state index is 0.00132. The van der Waals surface area contributed by atoms with E-state index in [-0.39, 0.29) is 5.91 Å². The fourth-order valence-electron chi connectivity index (χ4n) is 3.25. The molecule has 1 aromatic heterocycles. The minimum atomic E-state index is 0.00132. The quantitative estimate of drug-likeness (QED) is 0.916. The molecule has 1 aromatic carbocycles. The van der Waals surface area contributed by atoms with E-state index in [1.165, 1.54) is 12.0 Å². The standard InChI is InChI=1S/C20H26N4O/c1-4-16-7-9-17(10-8-16)23-19-12-18(21-15(3)22-19)20(25)24-11-5-6-14(2)13-24/h7-10,12,14H,4-6,11,13H2,1-3H3,(H,21,22,23). The number of nitrogens with zero attached hydrogens (tertiary/aromatic N) is 3. The van der Waals surface area contributed by atoms with Crippen LogP contribution in [0.2, 0.25) is 0 Å². The molecule has 2 aromatic rings. The minimum Gasteiger partial charge on any atom is -0.340 e. The Hall–Kier alpha value is -2.43. The molecule has 1 aliphatic heterocycles. The first-order chi connectivity index (χ1) is 12.0. The largest absolute Gasteiger partial charge is 0.340 e. The van der Waals surface area contributed by atoms with Crippen LogP contribution in [0.5, 0.6) is 0 Å². The Morgan fingerprint density at radius 2 is 2.04 bits per heavy atom. The molecule has 3 rings (SSSR count). The van der Waals surface area contributed by atoms with Gasteiger partial charge in [-0.25, -0.2) is 9.97 Å². The molecule has 2 heterocycles. The summed E-state index contributed by atoms with van der Waals surface area (Å²) in [5.74, 6) is 1.81. The van der Waals surface area contributed by atoms with E-state index in [4.69, 9.17) is 0 Å². The van der Waals surface area contributed by atoms with Crippen molar-refractivity contribution in [1.29, 1.82) is 0 Å². The Morgan fingerprint density at radius 1 is 1.28 bits per heavy atom. The van der Waals surface area contributed by atoms with Crippen molar-refractivity contribution in [3.63, 3.8) is 0 Å². The number of amides is 1. The molecule has 25 heavy (non-hydrogen) atoms. The Morgan fingerprint density at radius 3 is 2.72 bits per heavy atom. The van der Waals surface area contributed by atoms with E-state index in [0.717, 1.165) is 31.6 Å². The van der Waals surface area contributed by atoms with E-state index in [1.54, 1.807) is 6.07 Å². The van der Waals surface area contributed by atoms with Crippen LogP contribution >= 0.6 is 0 Å². The van der Waals surface area contributed by atoms with E-state index in [1.807, 2.05) is 24.0 Å². The maximum absolute atomic E-state index is 12.8. The number of anilines is 2. The number of aromatic nitrogens is 2. The van der Waals surface area contributed by atoms with Crippen molar-refractivity contribution in [2.24, 2.45) is 5.92 Å². The lowest BCUT2D eigenvalue weighted by Crippen LogP contribution is -2.39. The third kappa shape index (κ3) is 4.35. The van der Waals surface area contributed by atoms with Gasteiger partial charge in [0.25, 0.3) is 5.91 Å². The molecule has 5 heteroatoms. The predicted molar refractivity (Wildman–Crippen MR) is 100 cm³/mol. The molecule has 1 amide bonds. The van der Waals surface area contributed by atoms with Gasteiger partial charge in [-0.15, -0.1) is 0 Å². The zero-order valence-electron chi connectivity index (χ0n) is 15.2. The number of aryl methyl sites for hydroxylation is 2. The molecule has 0 bridgehead atoms. The fourth-order valence-corrected chi connectivity index (χ4v) is 3.25. The molecule has 0 aliphatic carbocycles. The lowest BCUT2D eigenvalue weighted by Gasteiger charge is -2.30. The summed E-state index contributed by atoms with van der Waals surface area (Å²) in [6.07, 6.45) is 3.26. The van der Waals surface area contributed by atoms with Crippen molar-refractivity contribution in [1.82, 2.24) is 14.9 Å². The van der Waals surface area contributed by atoms with Gasteiger partial charge < -0.3 is 10.2 Å². The second kappa shape index (κ2) is 7.64. The van der Waals surface area contributed by atoms with Gasteiger partial charge in [-0.2, -0.15) is 0 Å². The number of rotatable bonds is 4. The van der Waals surface area contributed by atoms with Crippen molar-refractivity contribution in [2.75, 3.05) is 18.4 Å². The molecular weight excluding hydrogens is 312 g/mol. The van der Waals surface area contributed by atoms with E-state index in [0.29, 0.717) is 23.3 Å². The summed E-state index contributed by atoms with van der Waals surface area (Å²) in [6.45, 7) is 7.77. The van der Waals surface area contributed by atoms with Crippen LogP contribution < -0.4 is 5.32 Å². The van der Waals surface area contributed by atoms with Gasteiger partial charge >= 0.3 is 0 Å². The fraction of sp³-hybridized carbons (Fsp3) is 0.450. The molecule has 1 fully saturated rings. The first-order valence-electron chi connectivity index (χ1n) is 9.06. The highest BCUT2D eigenvalue weighted by Gasteiger charge is 2.23. The van der Waals surface area contributed by atoms with E-state index in [9.17, 15) is 4.79 Å². The van der Waals surface area contributed by atoms with Crippen LogP contribution in [0.1, 0.15) is 48.6 Å². The van der Waals surface area contributed by atoms with Gasteiger partial charge in [0.1, 0.15) is 17.3 Å². The van der Waals surface area contributed by atoms with Crippen molar-refractivity contribution < 1.29 is 4.79 Å². The van der Waals surface area contributed by atoms with Crippen LogP contribution in [0.15, 0.2) is 30.3 Å². The molecule has 1 aliphatic rings. The molecule has 0 spiro atoms. The molecular formula is C20H26N4O. The van der Waals surface area contributed by atoms with Crippen LogP contribution in [-0.2, 0) is 6.42 Å². The van der Waals surface area contributed by atoms with Gasteiger partial charge in [-0.3, -0.25) is 4.79 Å². The highest BCUT2D eigenvalue weighted by atomic mass is 16.2. The van der Waals surface area contributed by atoms with Gasteiger partial charge in [0.15, 0.2) is 0 Å². The highest BCUT2D eigenvalue weighted by Crippen LogP contribution is 2.20. The van der Waals surface area contributed by atoms with Gasteiger partial charge in [-0.05, 0) is 49.8 Å². The molecule has 0 radical (unpaired) electrons. The zero-order valence-corrected chi connectivity index (χ0v) is 15.2. The second-order valence-corrected chi connectivity index (χ2v) is 6.86. The Balaban J connectivity index is 1.78. The SMILES string of the molecule is CCc1ccc(Nc2cc(C(=O)N3CCCC(C)C3)nc(C)n2)cc1. The molecule has 0 saturated carbocycles. The number of carbonyl (C=O) groups is 1. The number of hydrogen-bond acceptors (Lipinski definition) is 4. The average Bonchev–Trinajstić information content (AvgIpc) is 2.61. The van der Waals surface area contributed by atoms with Gasteiger partial charge in [-0.1, -0.05) is 26.0 Å². The normalized spacial score (nSPS) is 17.4. The van der Waals surface area contributed by atoms with Crippen LogP contribution in [0.25, 0.3) is 0 Å². The monoisotopic (exact) mass is 338 g/mol. The number of carbonyl (C=O) groups excluding carboxylic acids is 1. The summed E-state index contributed by atoms with van der Waals surface area (Å²) in [5, 5.41) is 3.28. The van der Waals surface area contributed by atoms with Gasteiger partial charge in [0.2, 0.25) is 0 Å². The average molecular weight is 338 g/mol. The first kappa shape index (κ1) is 17.4. The highest BCUT2D eigenvalue weighted by molar-refractivity contribution is 5.93. The molecule has 1 atom stereocenters. The molecule has 1 saturated heterocycles. The smallest absolute Gasteiger partial charge is 0.272 e. The number of benzene rings is 1. The maximum Gasteiger partial charge on any atom is 0.272 e. The second-order valence-electron chi connectivity index (χ2n) is 6.86. The number of hydrogen-bond donors (Lipinski definition) is 1. The summed E-state index contributed by atoms with van der Waals surface area (Å²) >= 11 is 0. The third-order valence-corrected chi connectivity index (χ3v) is 4.64. The third-order valence-electron chi connectivity index (χ3n) is 4.64. The first-order valence-corrected chi connectivity index (χ1v) is 9.06. The van der Waals surface area contributed by atoms with Crippen LogP contribution in [0.4, 0.5) is 11.5 Å². The van der Waals surface area contributed by atoms with E-state index in [2.05, 4.69) is 41.3 Å². The number of likely N-dealkylation sites (tertiary alicyclic amines) is 1. The summed E-state index contributed by atoms with van der Waals surface area (Å²) in [7, 11) is 0. The molecule has 5 nitrogen and oxygen atoms in total. The number of nitrogens with one attached hydrogen (secondary N) is 1. The summed E-state index contributed by atoms with van der Waals surface area (Å²) in [5.41, 5.74) is 2.72. The Bertz CT molecular complexity index is 742. The van der Waals surface area contributed by atoms with Crippen molar-refractivity contribution in [3.8, 4) is 0 Å². The van der Waals surface area contributed by atoms with E-state index < -0.39 is 0 Å². The molecule has 132 valence electrons. The maximum atomic E-state index is 12.8. The summed E-state index contributed by atoms with van der Waals surface area (Å²) in [6, 6.07) is 10.0. The van der Waals surface area contributed by atoms with Crippen LogP contribution in [0.3, 0.4) is 0 Å². The van der Waals surface area contributed by atoms with Crippen molar-refractivity contribution in [3.05, 3.63) is 47.4 Å². The van der Waals surface area contributed by atoms with Gasteiger partial charge in [0, 0.05) is 24.8 Å². The molecule has 1 N–H and O–H groups in total. The van der Waals surface area contributed by atoms with Crippen molar-refractivity contribution in [2.45, 2.75) is 40.0 Å². The predicted octanol–water partition coefficient (Wildman–Crippen LogP) is 3.96. The van der Waals surface area contributed by atoms with Crippen LogP contribution in [-0.4, -0.2) is 33.9 Å². The summed E-state index contributed by atoms with van der Waals surface area (Å²) < 4.78 is 0. The van der Waals surface area contributed by atoms with E-state index >= 15 is 0 Å². The number of piperidine rings is 1. The lowest BCUT2D eigenvalue weighted by molar-refractivity contribution is 0.0676. The topological polar surface area (TPSA) is 58.1 Å².